The van der Waals surface area contributed by atoms with Crippen LogP contribution in [-0.2, 0) is 5.60 Å². The molecule has 0 spiro atoms. The van der Waals surface area contributed by atoms with Gasteiger partial charge in [0.25, 0.3) is 0 Å². The van der Waals surface area contributed by atoms with Crippen LogP contribution in [0.2, 0.25) is 0 Å². The molecule has 1 aromatic carbocycles. The predicted octanol–water partition coefficient (Wildman–Crippen LogP) is 2.80. The van der Waals surface area contributed by atoms with Crippen molar-refractivity contribution in [1.82, 2.24) is 0 Å². The molecule has 0 saturated heterocycles. The van der Waals surface area contributed by atoms with Gasteiger partial charge in [0.1, 0.15) is 11.6 Å². The first kappa shape index (κ1) is 10.8. The molecule has 0 fully saturated rings. The lowest BCUT2D eigenvalue weighted by molar-refractivity contribution is 0.0700. The van der Waals surface area contributed by atoms with Crippen molar-refractivity contribution in [2.75, 3.05) is 0 Å². The maximum absolute atomic E-state index is 13.4. The molecule has 0 unspecified atom stereocenters. The first-order chi connectivity index (χ1) is 5.84. The first-order valence-corrected chi connectivity index (χ1v) is 4.78. The van der Waals surface area contributed by atoms with Crippen LogP contribution in [-0.4, -0.2) is 5.11 Å². The van der Waals surface area contributed by atoms with Crippen molar-refractivity contribution in [3.05, 3.63) is 32.9 Å². The van der Waals surface area contributed by atoms with Crippen molar-refractivity contribution in [2.45, 2.75) is 19.4 Å². The van der Waals surface area contributed by atoms with E-state index in [0.29, 0.717) is 3.57 Å². The molecule has 0 aliphatic rings. The molecule has 1 N–H and O–H groups in total. The summed E-state index contributed by atoms with van der Waals surface area (Å²) in [6.07, 6.45) is 0. The van der Waals surface area contributed by atoms with Crippen LogP contribution in [0.3, 0.4) is 0 Å². The highest BCUT2D eigenvalue weighted by atomic mass is 127. The van der Waals surface area contributed by atoms with Crippen molar-refractivity contribution < 1.29 is 13.9 Å². The van der Waals surface area contributed by atoms with Crippen LogP contribution in [0.15, 0.2) is 12.1 Å². The second-order valence-corrected chi connectivity index (χ2v) is 4.44. The van der Waals surface area contributed by atoms with E-state index >= 15 is 0 Å². The fourth-order valence-corrected chi connectivity index (χ4v) is 1.54. The summed E-state index contributed by atoms with van der Waals surface area (Å²) in [4.78, 5) is 0. The third-order valence-corrected chi connectivity index (χ3v) is 2.49. The van der Waals surface area contributed by atoms with Gasteiger partial charge in [0.05, 0.1) is 11.2 Å². The Kier molecular flexibility index (Phi) is 2.91. The van der Waals surface area contributed by atoms with E-state index in [1.165, 1.54) is 19.9 Å². The summed E-state index contributed by atoms with van der Waals surface area (Å²) in [5.41, 5.74) is -1.77. The summed E-state index contributed by atoms with van der Waals surface area (Å²) in [6, 6.07) is 2.48. The Labute approximate surface area is 88.9 Å². The molecule has 0 heterocycles. The Balaban J connectivity index is 3.43. The Hall–Kier alpha value is -0.230. The molecule has 0 bridgehead atoms. The van der Waals surface area contributed by atoms with Gasteiger partial charge in [0, 0.05) is 3.57 Å². The molecule has 0 aliphatic heterocycles. The second kappa shape index (κ2) is 3.49. The van der Waals surface area contributed by atoms with Crippen LogP contribution in [0, 0.1) is 15.2 Å². The van der Waals surface area contributed by atoms with E-state index in [1.807, 2.05) is 0 Å². The molecule has 0 aliphatic carbocycles. The normalized spacial score (nSPS) is 11.8. The first-order valence-electron chi connectivity index (χ1n) is 3.70. The van der Waals surface area contributed by atoms with Gasteiger partial charge in [0.15, 0.2) is 0 Å². The zero-order valence-electron chi connectivity index (χ0n) is 7.24. The number of aliphatic hydroxyl groups is 1. The third-order valence-electron chi connectivity index (χ3n) is 1.66. The van der Waals surface area contributed by atoms with Gasteiger partial charge in [-0.25, -0.2) is 8.78 Å². The van der Waals surface area contributed by atoms with Crippen LogP contribution in [0.5, 0.6) is 0 Å². The van der Waals surface area contributed by atoms with Crippen molar-refractivity contribution in [3.63, 3.8) is 0 Å². The summed E-state index contributed by atoms with van der Waals surface area (Å²) in [5, 5.41) is 9.49. The molecule has 13 heavy (non-hydrogen) atoms. The minimum Gasteiger partial charge on any atom is -0.386 e. The highest BCUT2D eigenvalue weighted by Gasteiger charge is 2.26. The maximum Gasteiger partial charge on any atom is 0.145 e. The molecule has 0 amide bonds. The van der Waals surface area contributed by atoms with Gasteiger partial charge in [-0.1, -0.05) is 0 Å². The Morgan fingerprint density at radius 1 is 1.31 bits per heavy atom. The third kappa shape index (κ3) is 2.17. The Morgan fingerprint density at radius 2 is 1.85 bits per heavy atom. The molecule has 0 aromatic heterocycles. The van der Waals surface area contributed by atoms with Crippen molar-refractivity contribution in [2.24, 2.45) is 0 Å². The maximum atomic E-state index is 13.4. The molecule has 1 nitrogen and oxygen atoms in total. The molecule has 0 atom stereocenters. The lowest BCUT2D eigenvalue weighted by atomic mass is 9.97. The molecule has 1 rings (SSSR count). The van der Waals surface area contributed by atoms with Crippen molar-refractivity contribution >= 4 is 22.6 Å². The monoisotopic (exact) mass is 298 g/mol. The SMILES string of the molecule is CC(C)(O)c1c(F)ccc(I)c1F. The average Bonchev–Trinajstić information content (AvgIpc) is 1.95. The Morgan fingerprint density at radius 3 is 2.23 bits per heavy atom. The number of halogens is 3. The zero-order valence-corrected chi connectivity index (χ0v) is 9.39. The number of benzene rings is 1. The van der Waals surface area contributed by atoms with Crippen molar-refractivity contribution in [1.29, 1.82) is 0 Å². The standard InChI is InChI=1S/C9H9F2IO/c1-9(2,13)7-5(10)3-4-6(12)8(7)11/h3-4,13H,1-2H3. The van der Waals surface area contributed by atoms with Gasteiger partial charge in [0.2, 0.25) is 0 Å². The fraction of sp³-hybridized carbons (Fsp3) is 0.333. The Bertz CT molecular complexity index is 331. The highest BCUT2D eigenvalue weighted by Crippen LogP contribution is 2.28. The smallest absolute Gasteiger partial charge is 0.145 e. The summed E-state index contributed by atoms with van der Waals surface area (Å²) in [7, 11) is 0. The molecule has 1 aromatic rings. The van der Waals surface area contributed by atoms with Crippen molar-refractivity contribution in [3.8, 4) is 0 Å². The molecular formula is C9H9F2IO. The van der Waals surface area contributed by atoms with Crippen LogP contribution in [0.25, 0.3) is 0 Å². The minimum atomic E-state index is -1.49. The number of hydrogen-bond acceptors (Lipinski definition) is 1. The minimum absolute atomic E-state index is 0.278. The number of hydrogen-bond donors (Lipinski definition) is 1. The molecule has 0 radical (unpaired) electrons. The van der Waals surface area contributed by atoms with Gasteiger partial charge in [-0.2, -0.15) is 0 Å². The largest absolute Gasteiger partial charge is 0.386 e. The van der Waals surface area contributed by atoms with Gasteiger partial charge in [-0.05, 0) is 48.6 Å². The van der Waals surface area contributed by atoms with E-state index in [1.54, 1.807) is 22.6 Å². The fourth-order valence-electron chi connectivity index (χ4n) is 1.09. The molecule has 4 heteroatoms. The van der Waals surface area contributed by atoms with Crippen LogP contribution in [0.1, 0.15) is 19.4 Å². The summed E-state index contributed by atoms with van der Waals surface area (Å²) < 4.78 is 26.8. The highest BCUT2D eigenvalue weighted by molar-refractivity contribution is 14.1. The molecule has 72 valence electrons. The van der Waals surface area contributed by atoms with E-state index in [2.05, 4.69) is 0 Å². The zero-order chi connectivity index (χ0) is 10.2. The van der Waals surface area contributed by atoms with Crippen LogP contribution >= 0.6 is 22.6 Å². The van der Waals surface area contributed by atoms with Gasteiger partial charge < -0.3 is 5.11 Å². The predicted molar refractivity (Wildman–Crippen MR) is 54.3 cm³/mol. The topological polar surface area (TPSA) is 20.2 Å². The van der Waals surface area contributed by atoms with E-state index in [9.17, 15) is 13.9 Å². The lowest BCUT2D eigenvalue weighted by Gasteiger charge is -2.19. The van der Waals surface area contributed by atoms with Gasteiger partial charge in [-0.3, -0.25) is 0 Å². The second-order valence-electron chi connectivity index (χ2n) is 3.28. The van der Waals surface area contributed by atoms with Gasteiger partial charge in [-0.15, -0.1) is 0 Å². The summed E-state index contributed by atoms with van der Waals surface area (Å²) >= 11 is 1.75. The van der Waals surface area contributed by atoms with E-state index < -0.39 is 17.2 Å². The number of rotatable bonds is 1. The van der Waals surface area contributed by atoms with Crippen LogP contribution < -0.4 is 0 Å². The summed E-state index contributed by atoms with van der Waals surface area (Å²) in [6.45, 7) is 2.70. The lowest BCUT2D eigenvalue weighted by Crippen LogP contribution is -2.20. The van der Waals surface area contributed by atoms with E-state index in [0.717, 1.165) is 6.07 Å². The molecule has 0 saturated carbocycles. The summed E-state index contributed by atoms with van der Waals surface area (Å²) in [5.74, 6) is -1.40. The van der Waals surface area contributed by atoms with Crippen LogP contribution in [0.4, 0.5) is 8.78 Å². The van der Waals surface area contributed by atoms with E-state index in [4.69, 9.17) is 0 Å². The molecular weight excluding hydrogens is 289 g/mol. The average molecular weight is 298 g/mol. The quantitative estimate of drug-likeness (QED) is 0.624. The van der Waals surface area contributed by atoms with E-state index in [-0.39, 0.29) is 5.56 Å². The van der Waals surface area contributed by atoms with Gasteiger partial charge >= 0.3 is 0 Å².